The smallest absolute Gasteiger partial charge is 0.122 e. The number of rotatable bonds is 6. The molecule has 1 unspecified atom stereocenters. The largest absolute Gasteiger partial charge is 0.491 e. The summed E-state index contributed by atoms with van der Waals surface area (Å²) < 4.78 is 9.02. The number of aromatic nitrogens is 2. The van der Waals surface area contributed by atoms with Crippen molar-refractivity contribution in [1.82, 2.24) is 9.55 Å². The fourth-order valence-corrected chi connectivity index (χ4v) is 2.50. The van der Waals surface area contributed by atoms with Crippen molar-refractivity contribution < 1.29 is 4.74 Å². The van der Waals surface area contributed by atoms with Gasteiger partial charge >= 0.3 is 0 Å². The first-order chi connectivity index (χ1) is 9.56. The summed E-state index contributed by atoms with van der Waals surface area (Å²) in [6.07, 6.45) is 4.57. The quantitative estimate of drug-likeness (QED) is 0.881. The molecule has 0 amide bonds. The number of ether oxygens (including phenoxy) is 1. The Balaban J connectivity index is 2.00. The molecular weight excluding hydrogens is 318 g/mol. The van der Waals surface area contributed by atoms with Crippen LogP contribution in [0.25, 0.3) is 0 Å². The summed E-state index contributed by atoms with van der Waals surface area (Å²) in [5.41, 5.74) is 7.02. The van der Waals surface area contributed by atoms with E-state index in [2.05, 4.69) is 31.5 Å². The molecule has 0 aliphatic carbocycles. The summed E-state index contributed by atoms with van der Waals surface area (Å²) >= 11 is 3.49. The van der Waals surface area contributed by atoms with Crippen LogP contribution in [0.3, 0.4) is 0 Å². The molecule has 0 spiro atoms. The van der Waals surface area contributed by atoms with Gasteiger partial charge in [0.2, 0.25) is 0 Å². The van der Waals surface area contributed by atoms with E-state index < -0.39 is 0 Å². The van der Waals surface area contributed by atoms with Crippen molar-refractivity contribution in [3.63, 3.8) is 0 Å². The van der Waals surface area contributed by atoms with Crippen molar-refractivity contribution in [2.24, 2.45) is 5.73 Å². The lowest BCUT2D eigenvalue weighted by Crippen LogP contribution is -2.18. The van der Waals surface area contributed by atoms with Crippen molar-refractivity contribution in [2.75, 3.05) is 6.61 Å². The Morgan fingerprint density at radius 3 is 2.90 bits per heavy atom. The van der Waals surface area contributed by atoms with Crippen LogP contribution in [0.5, 0.6) is 5.75 Å². The van der Waals surface area contributed by atoms with Gasteiger partial charge in [-0.2, -0.15) is 0 Å². The number of benzene rings is 1. The molecule has 20 heavy (non-hydrogen) atoms. The fraction of sp³-hybridized carbons (Fsp3) is 0.400. The van der Waals surface area contributed by atoms with Gasteiger partial charge in [-0.25, -0.2) is 4.98 Å². The van der Waals surface area contributed by atoms with Gasteiger partial charge in [-0.1, -0.05) is 15.9 Å². The van der Waals surface area contributed by atoms with Crippen molar-refractivity contribution >= 4 is 15.9 Å². The van der Waals surface area contributed by atoms with Crippen molar-refractivity contribution in [3.05, 3.63) is 46.5 Å². The number of halogens is 1. The van der Waals surface area contributed by atoms with Gasteiger partial charge in [0.05, 0.1) is 6.54 Å². The summed E-state index contributed by atoms with van der Waals surface area (Å²) in [5.74, 6) is 1.91. The first-order valence-electron chi connectivity index (χ1n) is 6.71. The predicted octanol–water partition coefficient (Wildman–Crippen LogP) is 2.92. The normalized spacial score (nSPS) is 12.4. The van der Waals surface area contributed by atoms with Gasteiger partial charge in [-0.3, -0.25) is 0 Å². The molecule has 0 aliphatic heterocycles. The average molecular weight is 338 g/mol. The minimum absolute atomic E-state index is 0.113. The molecule has 2 aromatic rings. The molecule has 0 fully saturated rings. The Morgan fingerprint density at radius 1 is 1.45 bits per heavy atom. The highest BCUT2D eigenvalue weighted by atomic mass is 79.9. The molecule has 0 saturated carbocycles. The Bertz CT molecular complexity index is 566. The van der Waals surface area contributed by atoms with Crippen LogP contribution >= 0.6 is 15.9 Å². The van der Waals surface area contributed by atoms with Crippen LogP contribution in [0, 0.1) is 6.92 Å². The number of nitrogens with two attached hydrogens (primary N) is 1. The van der Waals surface area contributed by atoms with Gasteiger partial charge in [0.15, 0.2) is 0 Å². The van der Waals surface area contributed by atoms with Gasteiger partial charge in [0.1, 0.15) is 18.2 Å². The van der Waals surface area contributed by atoms with Gasteiger partial charge in [0.25, 0.3) is 0 Å². The van der Waals surface area contributed by atoms with E-state index in [1.165, 1.54) is 0 Å². The molecule has 4 nitrogen and oxygen atoms in total. The minimum Gasteiger partial charge on any atom is -0.491 e. The van der Waals surface area contributed by atoms with E-state index >= 15 is 0 Å². The number of aryl methyl sites for hydroxylation is 1. The fourth-order valence-electron chi connectivity index (χ4n) is 2.09. The summed E-state index contributed by atoms with van der Waals surface area (Å²) in [7, 11) is 0. The molecule has 1 aromatic carbocycles. The van der Waals surface area contributed by atoms with Gasteiger partial charge < -0.3 is 15.0 Å². The van der Waals surface area contributed by atoms with Crippen LogP contribution in [0.15, 0.2) is 35.1 Å². The second-order valence-electron chi connectivity index (χ2n) is 4.95. The van der Waals surface area contributed by atoms with Gasteiger partial charge in [0, 0.05) is 22.9 Å². The minimum atomic E-state index is 0.113. The molecule has 1 heterocycles. The second-order valence-corrected chi connectivity index (χ2v) is 5.87. The second kappa shape index (κ2) is 6.90. The maximum absolute atomic E-state index is 5.90. The van der Waals surface area contributed by atoms with E-state index in [1.807, 2.05) is 32.2 Å². The molecule has 0 bridgehead atoms. The zero-order valence-electron chi connectivity index (χ0n) is 11.8. The van der Waals surface area contributed by atoms with E-state index in [0.29, 0.717) is 6.61 Å². The summed E-state index contributed by atoms with van der Waals surface area (Å²) in [5, 5.41) is 0. The highest BCUT2D eigenvalue weighted by molar-refractivity contribution is 9.10. The molecule has 0 aliphatic rings. The van der Waals surface area contributed by atoms with Crippen LogP contribution in [0.1, 0.15) is 18.3 Å². The lowest BCUT2D eigenvalue weighted by molar-refractivity contribution is 0.293. The van der Waals surface area contributed by atoms with Crippen LogP contribution in [0.2, 0.25) is 0 Å². The molecule has 0 radical (unpaired) electrons. The Morgan fingerprint density at radius 2 is 2.25 bits per heavy atom. The number of nitrogens with zero attached hydrogens (tertiary/aromatic N) is 2. The molecule has 1 atom stereocenters. The monoisotopic (exact) mass is 337 g/mol. The maximum atomic E-state index is 5.90. The van der Waals surface area contributed by atoms with Crippen molar-refractivity contribution in [3.8, 4) is 5.75 Å². The Labute approximate surface area is 128 Å². The summed E-state index contributed by atoms with van der Waals surface area (Å²) in [4.78, 5) is 4.20. The highest BCUT2D eigenvalue weighted by Crippen LogP contribution is 2.24. The first kappa shape index (κ1) is 15.1. The van der Waals surface area contributed by atoms with Gasteiger partial charge in [-0.05, 0) is 44.0 Å². The van der Waals surface area contributed by atoms with E-state index in [1.54, 1.807) is 6.20 Å². The topological polar surface area (TPSA) is 53.1 Å². The highest BCUT2D eigenvalue weighted by Gasteiger charge is 2.07. The number of hydrogen-bond donors (Lipinski definition) is 1. The third-order valence-electron chi connectivity index (χ3n) is 3.08. The molecule has 5 heteroatoms. The maximum Gasteiger partial charge on any atom is 0.122 e. The SMILES string of the molecule is Cc1nccn1CCOc1ccc(Br)cc1CC(C)N. The van der Waals surface area contributed by atoms with Crippen LogP contribution in [0.4, 0.5) is 0 Å². The van der Waals surface area contributed by atoms with E-state index in [4.69, 9.17) is 10.5 Å². The number of hydrogen-bond acceptors (Lipinski definition) is 3. The van der Waals surface area contributed by atoms with Crippen LogP contribution < -0.4 is 10.5 Å². The third-order valence-corrected chi connectivity index (χ3v) is 3.57. The van der Waals surface area contributed by atoms with E-state index in [9.17, 15) is 0 Å². The average Bonchev–Trinajstić information content (AvgIpc) is 2.77. The van der Waals surface area contributed by atoms with Crippen molar-refractivity contribution in [1.29, 1.82) is 0 Å². The predicted molar refractivity (Wildman–Crippen MR) is 84.0 cm³/mol. The lowest BCUT2D eigenvalue weighted by atomic mass is 10.1. The zero-order chi connectivity index (χ0) is 14.5. The number of imidazole rings is 1. The molecule has 2 rings (SSSR count). The first-order valence-corrected chi connectivity index (χ1v) is 7.50. The van der Waals surface area contributed by atoms with Crippen LogP contribution in [-0.2, 0) is 13.0 Å². The molecular formula is C15H20BrN3O. The summed E-state index contributed by atoms with van der Waals surface area (Å²) in [6, 6.07) is 6.16. The van der Waals surface area contributed by atoms with E-state index in [-0.39, 0.29) is 6.04 Å². The van der Waals surface area contributed by atoms with E-state index in [0.717, 1.165) is 34.6 Å². The Hall–Kier alpha value is -1.33. The standard InChI is InChI=1S/C15H20BrN3O/c1-11(17)9-13-10-14(16)3-4-15(13)20-8-7-19-6-5-18-12(19)2/h3-6,10-11H,7-9,17H2,1-2H3. The van der Waals surface area contributed by atoms with Crippen molar-refractivity contribution in [2.45, 2.75) is 32.9 Å². The molecule has 0 saturated heterocycles. The Kier molecular flexibility index (Phi) is 5.20. The molecule has 108 valence electrons. The zero-order valence-corrected chi connectivity index (χ0v) is 13.4. The lowest BCUT2D eigenvalue weighted by Gasteiger charge is -2.14. The molecule has 2 N–H and O–H groups in total. The third kappa shape index (κ3) is 4.08. The molecule has 1 aromatic heterocycles. The van der Waals surface area contributed by atoms with Crippen LogP contribution in [-0.4, -0.2) is 22.2 Å². The van der Waals surface area contributed by atoms with Gasteiger partial charge in [-0.15, -0.1) is 0 Å². The summed E-state index contributed by atoms with van der Waals surface area (Å²) in [6.45, 7) is 5.39.